The van der Waals surface area contributed by atoms with Crippen LogP contribution in [0.4, 0.5) is 4.79 Å². The first-order valence-corrected chi connectivity index (χ1v) is 20.6. The van der Waals surface area contributed by atoms with Gasteiger partial charge in [-0.05, 0) is 80.0 Å². The Kier molecular flexibility index (Phi) is 16.2. The number of rotatable bonds is 17. The molecule has 3 N–H and O–H groups in total. The molecule has 14 nitrogen and oxygen atoms in total. The Bertz CT molecular complexity index is 2050. The fraction of sp³-hybridized carbons (Fsp3) is 0.489. The summed E-state index contributed by atoms with van der Waals surface area (Å²) in [4.78, 5) is 85.0. The van der Waals surface area contributed by atoms with Gasteiger partial charge in [-0.1, -0.05) is 88.0 Å². The van der Waals surface area contributed by atoms with E-state index in [2.05, 4.69) is 17.2 Å². The lowest BCUT2D eigenvalue weighted by atomic mass is 9.85. The molecule has 0 radical (unpaired) electrons. The topological polar surface area (TPSA) is 181 Å². The third-order valence-corrected chi connectivity index (χ3v) is 10.6. The van der Waals surface area contributed by atoms with Gasteiger partial charge in [-0.3, -0.25) is 28.9 Å². The van der Waals surface area contributed by atoms with Gasteiger partial charge in [0, 0.05) is 26.4 Å². The molecule has 4 rings (SSSR count). The summed E-state index contributed by atoms with van der Waals surface area (Å²) in [6.07, 6.45) is -0.281. The van der Waals surface area contributed by atoms with E-state index in [0.29, 0.717) is 12.4 Å². The highest BCUT2D eigenvalue weighted by Crippen LogP contribution is 2.28. The molecule has 3 aromatic rings. The molecule has 1 heterocycles. The average molecular weight is 843 g/mol. The quantitative estimate of drug-likeness (QED) is 0.121. The highest BCUT2D eigenvalue weighted by molar-refractivity contribution is 5.97. The summed E-state index contributed by atoms with van der Waals surface area (Å²) in [5.41, 5.74) is -0.150. The SMILES string of the molecule is C=CCOc1ccc(CC(CC(=O)[C@H](Cc2ccc3ccccc3c2)NC(=O)[C@@H]2C[C@@H](O)CN2C(=O)C(NC(=O)[C@H](C)N(C)C(=O)OC(C)(C)C)C(C)(C)C)C(=O)OC)cc1. The molecule has 1 fully saturated rings. The van der Waals surface area contributed by atoms with Crippen molar-refractivity contribution < 1.29 is 48.1 Å². The van der Waals surface area contributed by atoms with Gasteiger partial charge >= 0.3 is 12.1 Å². The Hall–Kier alpha value is -5.76. The number of ether oxygens (including phenoxy) is 3. The zero-order valence-electron chi connectivity index (χ0n) is 36.9. The number of aliphatic hydroxyl groups excluding tert-OH is 1. The van der Waals surface area contributed by atoms with Crippen molar-refractivity contribution in [3.05, 3.63) is 90.5 Å². The van der Waals surface area contributed by atoms with Crippen molar-refractivity contribution in [2.45, 2.75) is 110 Å². The van der Waals surface area contributed by atoms with Crippen molar-refractivity contribution in [2.24, 2.45) is 11.3 Å². The fourth-order valence-corrected chi connectivity index (χ4v) is 7.12. The molecule has 1 aliphatic heterocycles. The molecule has 14 heteroatoms. The number of nitrogens with one attached hydrogen (secondary N) is 2. The van der Waals surface area contributed by atoms with Crippen LogP contribution >= 0.6 is 0 Å². The monoisotopic (exact) mass is 842 g/mol. The smallest absolute Gasteiger partial charge is 0.410 e. The Balaban J connectivity index is 1.60. The number of ketones is 1. The number of benzene rings is 3. The molecule has 61 heavy (non-hydrogen) atoms. The molecule has 0 bridgehead atoms. The number of carbonyl (C=O) groups excluding carboxylic acids is 6. The standard InChI is InChI=1S/C47H62N4O10/c1-11-22-60-36-20-17-30(18-21-36)23-34(44(57)59-10)26-39(53)37(25-31-16-19-32-14-12-13-15-33(32)24-31)48-42(55)38-27-35(52)28-51(38)43(56)40(46(3,4)5)49-41(54)29(2)50(9)45(58)61-47(6,7)8/h11-21,24,29,34-35,37-38,40,52H,1,22-23,25-28H2,2-10H3,(H,48,55)(H,49,54)/t29-,34?,35+,37-,38-,40?/m0/s1. The van der Waals surface area contributed by atoms with Crippen LogP contribution < -0.4 is 15.4 Å². The summed E-state index contributed by atoms with van der Waals surface area (Å²) in [5.74, 6) is -3.20. The van der Waals surface area contributed by atoms with Crippen molar-refractivity contribution in [3.8, 4) is 5.75 Å². The van der Waals surface area contributed by atoms with E-state index < -0.39 is 82.8 Å². The third kappa shape index (κ3) is 13.4. The lowest BCUT2D eigenvalue weighted by Gasteiger charge is -2.37. The number of esters is 1. The molecule has 0 aliphatic carbocycles. The largest absolute Gasteiger partial charge is 0.490 e. The van der Waals surface area contributed by atoms with Crippen molar-refractivity contribution in [1.29, 1.82) is 0 Å². The average Bonchev–Trinajstić information content (AvgIpc) is 3.61. The number of likely N-dealkylation sites (tertiary alicyclic amines) is 1. The van der Waals surface area contributed by atoms with E-state index >= 15 is 0 Å². The van der Waals surface area contributed by atoms with Gasteiger partial charge < -0.3 is 34.9 Å². The van der Waals surface area contributed by atoms with Crippen LogP contribution in [0.15, 0.2) is 79.4 Å². The predicted molar refractivity (Wildman–Crippen MR) is 232 cm³/mol. The van der Waals surface area contributed by atoms with Gasteiger partial charge in [0.2, 0.25) is 17.7 Å². The highest BCUT2D eigenvalue weighted by Gasteiger charge is 2.46. The molecule has 4 amide bonds. The van der Waals surface area contributed by atoms with Crippen molar-refractivity contribution >= 4 is 46.3 Å². The summed E-state index contributed by atoms with van der Waals surface area (Å²) >= 11 is 0. The van der Waals surface area contributed by atoms with Crippen LogP contribution in [-0.2, 0) is 46.3 Å². The van der Waals surface area contributed by atoms with Gasteiger partial charge in [-0.25, -0.2) is 4.79 Å². The number of amides is 4. The first-order valence-electron chi connectivity index (χ1n) is 20.6. The third-order valence-electron chi connectivity index (χ3n) is 10.6. The minimum Gasteiger partial charge on any atom is -0.490 e. The Labute approximate surface area is 359 Å². The van der Waals surface area contributed by atoms with E-state index in [4.69, 9.17) is 14.2 Å². The van der Waals surface area contributed by atoms with Gasteiger partial charge in [0.05, 0.1) is 25.2 Å². The van der Waals surface area contributed by atoms with Crippen LogP contribution in [0, 0.1) is 11.3 Å². The fourth-order valence-electron chi connectivity index (χ4n) is 7.12. The molecule has 330 valence electrons. The molecule has 3 aromatic carbocycles. The normalized spacial score (nSPS) is 17.3. The first-order chi connectivity index (χ1) is 28.6. The second-order valence-electron chi connectivity index (χ2n) is 17.8. The highest BCUT2D eigenvalue weighted by atomic mass is 16.6. The zero-order chi connectivity index (χ0) is 45.2. The number of hydrogen-bond donors (Lipinski definition) is 3. The molecule has 2 unspecified atom stereocenters. The van der Waals surface area contributed by atoms with Crippen molar-refractivity contribution in [1.82, 2.24) is 20.4 Å². The van der Waals surface area contributed by atoms with Crippen LogP contribution in [0.5, 0.6) is 5.75 Å². The first kappa shape index (κ1) is 47.9. The zero-order valence-corrected chi connectivity index (χ0v) is 36.9. The van der Waals surface area contributed by atoms with Crippen LogP contribution in [0.25, 0.3) is 10.8 Å². The van der Waals surface area contributed by atoms with Crippen LogP contribution in [0.1, 0.15) is 72.4 Å². The Morgan fingerprint density at radius 3 is 2.16 bits per heavy atom. The van der Waals surface area contributed by atoms with Crippen molar-refractivity contribution in [3.63, 3.8) is 0 Å². The number of hydrogen-bond acceptors (Lipinski definition) is 10. The maximum atomic E-state index is 14.4. The molecule has 0 spiro atoms. The van der Waals surface area contributed by atoms with E-state index in [1.165, 1.54) is 26.0 Å². The lowest BCUT2D eigenvalue weighted by molar-refractivity contribution is -0.147. The van der Waals surface area contributed by atoms with E-state index in [0.717, 1.165) is 26.8 Å². The molecule has 1 aliphatic rings. The van der Waals surface area contributed by atoms with E-state index in [1.54, 1.807) is 71.9 Å². The Morgan fingerprint density at radius 2 is 1.56 bits per heavy atom. The van der Waals surface area contributed by atoms with Gasteiger partial charge in [0.25, 0.3) is 0 Å². The lowest BCUT2D eigenvalue weighted by Crippen LogP contribution is -2.60. The number of carbonyl (C=O) groups is 6. The maximum Gasteiger partial charge on any atom is 0.410 e. The number of β-amino-alcohol motifs (C(OH)–C–C–N with tert-alkyl or cyclic N) is 1. The molecular formula is C47H62N4O10. The van der Waals surface area contributed by atoms with Gasteiger partial charge in [-0.2, -0.15) is 0 Å². The van der Waals surface area contributed by atoms with Gasteiger partial charge in [-0.15, -0.1) is 0 Å². The summed E-state index contributed by atoms with van der Waals surface area (Å²) in [6, 6.07) is 16.1. The molecule has 6 atom stereocenters. The minimum absolute atomic E-state index is 0.0750. The predicted octanol–water partition coefficient (Wildman–Crippen LogP) is 5.17. The number of aliphatic hydroxyl groups is 1. The number of nitrogens with zero attached hydrogens (tertiary/aromatic N) is 2. The number of fused-ring (bicyclic) bond motifs is 1. The number of methoxy groups -OCH3 is 1. The second kappa shape index (κ2) is 20.7. The van der Waals surface area contributed by atoms with Gasteiger partial charge in [0.1, 0.15) is 36.1 Å². The van der Waals surface area contributed by atoms with Crippen LogP contribution in [0.2, 0.25) is 0 Å². The Morgan fingerprint density at radius 1 is 0.918 bits per heavy atom. The second-order valence-corrected chi connectivity index (χ2v) is 17.8. The summed E-state index contributed by atoms with van der Waals surface area (Å²) in [5, 5.41) is 18.5. The van der Waals surface area contributed by atoms with E-state index in [1.807, 2.05) is 42.5 Å². The van der Waals surface area contributed by atoms with Crippen LogP contribution in [0.3, 0.4) is 0 Å². The number of likely N-dealkylation sites (N-methyl/N-ethyl adjacent to an activating group) is 1. The summed E-state index contributed by atoms with van der Waals surface area (Å²) in [6.45, 7) is 15.7. The molecular weight excluding hydrogens is 781 g/mol. The molecule has 1 saturated heterocycles. The maximum absolute atomic E-state index is 14.4. The van der Waals surface area contributed by atoms with E-state index in [-0.39, 0.29) is 32.2 Å². The summed E-state index contributed by atoms with van der Waals surface area (Å²) < 4.78 is 16.1. The summed E-state index contributed by atoms with van der Waals surface area (Å²) in [7, 11) is 2.68. The van der Waals surface area contributed by atoms with E-state index in [9.17, 15) is 33.9 Å². The molecule has 0 saturated carbocycles. The minimum atomic E-state index is -1.20. The number of Topliss-reactive ketones (excluding diaryl/α,β-unsaturated/α-hetero) is 1. The van der Waals surface area contributed by atoms with Crippen LogP contribution in [-0.4, -0.2) is 114 Å². The molecule has 0 aromatic heterocycles. The van der Waals surface area contributed by atoms with Gasteiger partial charge in [0.15, 0.2) is 5.78 Å². The van der Waals surface area contributed by atoms with Crippen molar-refractivity contribution in [2.75, 3.05) is 27.3 Å².